The van der Waals surface area contributed by atoms with Gasteiger partial charge in [-0.1, -0.05) is 48.3 Å². The second kappa shape index (κ2) is 10.7. The number of nitrogens with one attached hydrogen (secondary N) is 3. The first-order chi connectivity index (χ1) is 16.2. The Morgan fingerprint density at radius 3 is 2.53 bits per heavy atom. The third kappa shape index (κ3) is 5.08. The van der Waals surface area contributed by atoms with E-state index in [0.29, 0.717) is 34.2 Å². The summed E-state index contributed by atoms with van der Waals surface area (Å²) in [6.45, 7) is 1.93. The molecule has 3 rings (SSSR count). The van der Waals surface area contributed by atoms with Crippen LogP contribution in [0.15, 0.2) is 36.5 Å². The summed E-state index contributed by atoms with van der Waals surface area (Å²) >= 11 is 12.8. The number of carbonyl (C=O) groups excluding carboxylic acids is 2. The fourth-order valence-electron chi connectivity index (χ4n) is 4.01. The van der Waals surface area contributed by atoms with Crippen LogP contribution in [0.25, 0.3) is 5.57 Å². The number of carboxylic acids is 1. The number of nitrogens with zero attached hydrogens (tertiary/aromatic N) is 1. The highest BCUT2D eigenvalue weighted by Gasteiger charge is 2.32. The van der Waals surface area contributed by atoms with Crippen molar-refractivity contribution in [2.75, 3.05) is 7.05 Å². The molecule has 1 heterocycles. The lowest BCUT2D eigenvalue weighted by Crippen LogP contribution is -2.50. The van der Waals surface area contributed by atoms with E-state index < -0.39 is 17.8 Å². The number of hydrogen-bond donors (Lipinski definition) is 4. The lowest BCUT2D eigenvalue weighted by molar-refractivity contribution is -0.137. The van der Waals surface area contributed by atoms with E-state index in [1.54, 1.807) is 31.4 Å². The Morgan fingerprint density at radius 2 is 1.97 bits per heavy atom. The number of aliphatic carboxylic acids is 1. The molecule has 1 aliphatic rings. The molecule has 0 aromatic heterocycles. The minimum absolute atomic E-state index is 0.0260. The van der Waals surface area contributed by atoms with Gasteiger partial charge < -0.3 is 15.8 Å². The first-order valence-electron chi connectivity index (χ1n) is 10.6. The Morgan fingerprint density at radius 1 is 1.29 bits per heavy atom. The third-order valence-electron chi connectivity index (χ3n) is 5.62. The molecule has 178 valence electrons. The molecule has 0 aliphatic carbocycles. The average molecular weight is 503 g/mol. The monoisotopic (exact) mass is 502 g/mol. The Bertz CT molecular complexity index is 1170. The van der Waals surface area contributed by atoms with Crippen LogP contribution in [0.3, 0.4) is 0 Å². The molecule has 34 heavy (non-hydrogen) atoms. The average Bonchev–Trinajstić information content (AvgIpc) is 2.79. The van der Waals surface area contributed by atoms with Crippen molar-refractivity contribution in [2.45, 2.75) is 32.2 Å². The minimum atomic E-state index is -0.944. The molecule has 8 nitrogen and oxygen atoms in total. The van der Waals surface area contributed by atoms with Gasteiger partial charge in [0.2, 0.25) is 0 Å². The van der Waals surface area contributed by atoms with E-state index in [0.717, 1.165) is 11.2 Å². The Kier molecular flexibility index (Phi) is 7.96. The quantitative estimate of drug-likeness (QED) is 0.396. The molecule has 1 atom stereocenters. The molecular formula is C24H24Cl2N4O4. The summed E-state index contributed by atoms with van der Waals surface area (Å²) in [7, 11) is 1.69. The summed E-state index contributed by atoms with van der Waals surface area (Å²) in [6, 6.07) is 8.30. The van der Waals surface area contributed by atoms with Gasteiger partial charge in [-0.15, -0.1) is 0 Å². The van der Waals surface area contributed by atoms with Crippen molar-refractivity contribution in [3.63, 3.8) is 0 Å². The van der Waals surface area contributed by atoms with Gasteiger partial charge in [0, 0.05) is 30.6 Å². The Balaban J connectivity index is 1.95. The van der Waals surface area contributed by atoms with Gasteiger partial charge in [0.15, 0.2) is 0 Å². The summed E-state index contributed by atoms with van der Waals surface area (Å²) < 4.78 is 0. The van der Waals surface area contributed by atoms with Gasteiger partial charge in [-0.25, -0.2) is 5.01 Å². The lowest BCUT2D eigenvalue weighted by Gasteiger charge is -2.31. The van der Waals surface area contributed by atoms with Gasteiger partial charge in [0.1, 0.15) is 0 Å². The van der Waals surface area contributed by atoms with Crippen molar-refractivity contribution in [3.05, 3.63) is 74.4 Å². The van der Waals surface area contributed by atoms with Crippen LogP contribution in [0.4, 0.5) is 0 Å². The molecule has 4 N–H and O–H groups in total. The summed E-state index contributed by atoms with van der Waals surface area (Å²) in [4.78, 5) is 37.6. The molecule has 1 unspecified atom stereocenters. The van der Waals surface area contributed by atoms with Gasteiger partial charge in [-0.2, -0.15) is 0 Å². The zero-order chi connectivity index (χ0) is 25.0. The zero-order valence-electron chi connectivity index (χ0n) is 18.6. The molecule has 0 radical (unpaired) electrons. The molecule has 0 saturated heterocycles. The standard InChI is InChI=1S/C24H24Cl2N4O4/c1-3-13(9-20(31)32)17-6-4-5-14-12-30(29-23(33)21(14)17)24(34)22-18(25)7-15(8-19(22)26)16(10-27)11-28-2/h4-8,10-11,13,27-28H,3,9,12H2,1-2H3,(H,29,33)(H,31,32)/b16-11+,27-10?. The van der Waals surface area contributed by atoms with Crippen molar-refractivity contribution in [2.24, 2.45) is 0 Å². The molecule has 0 saturated carbocycles. The topological polar surface area (TPSA) is 123 Å². The smallest absolute Gasteiger partial charge is 0.303 e. The van der Waals surface area contributed by atoms with Crippen molar-refractivity contribution >= 4 is 52.8 Å². The van der Waals surface area contributed by atoms with E-state index in [9.17, 15) is 19.5 Å². The fraction of sp³-hybridized carbons (Fsp3) is 0.250. The largest absolute Gasteiger partial charge is 0.481 e. The summed E-state index contributed by atoms with van der Waals surface area (Å²) in [6.07, 6.45) is 3.19. The van der Waals surface area contributed by atoms with E-state index in [1.165, 1.54) is 12.1 Å². The number of allylic oxidation sites excluding steroid dienone is 1. The molecule has 2 amide bonds. The highest BCUT2D eigenvalue weighted by Crippen LogP contribution is 2.33. The van der Waals surface area contributed by atoms with Crippen molar-refractivity contribution in [1.82, 2.24) is 15.8 Å². The van der Waals surface area contributed by atoms with Gasteiger partial charge >= 0.3 is 5.97 Å². The van der Waals surface area contributed by atoms with E-state index in [-0.39, 0.29) is 34.5 Å². The lowest BCUT2D eigenvalue weighted by atomic mass is 9.86. The Labute approximate surface area is 207 Å². The summed E-state index contributed by atoms with van der Waals surface area (Å²) in [5, 5.41) is 20.9. The number of benzene rings is 2. The van der Waals surface area contributed by atoms with Crippen LogP contribution < -0.4 is 10.7 Å². The number of hydrazine groups is 1. The second-order valence-electron chi connectivity index (χ2n) is 7.76. The molecular weight excluding hydrogens is 479 g/mol. The van der Waals surface area contributed by atoms with Gasteiger partial charge in [0.25, 0.3) is 11.8 Å². The summed E-state index contributed by atoms with van der Waals surface area (Å²) in [5.41, 5.74) is 5.32. The van der Waals surface area contributed by atoms with Crippen LogP contribution in [-0.4, -0.2) is 41.2 Å². The molecule has 2 aromatic rings. The number of rotatable bonds is 8. The van der Waals surface area contributed by atoms with E-state index in [4.69, 9.17) is 28.6 Å². The van der Waals surface area contributed by atoms with Crippen LogP contribution in [0.2, 0.25) is 10.0 Å². The number of halogens is 2. The van der Waals surface area contributed by atoms with E-state index in [1.807, 2.05) is 6.92 Å². The van der Waals surface area contributed by atoms with Crippen LogP contribution in [0.5, 0.6) is 0 Å². The highest BCUT2D eigenvalue weighted by molar-refractivity contribution is 6.40. The van der Waals surface area contributed by atoms with Crippen molar-refractivity contribution in [3.8, 4) is 0 Å². The van der Waals surface area contributed by atoms with Crippen LogP contribution in [-0.2, 0) is 11.3 Å². The SMILES string of the molecule is CCC(CC(=O)O)c1cccc2c1C(=O)NN(C(=O)c1c(Cl)cc(/C(C=N)=C/NC)cc1Cl)C2. The normalized spacial score (nSPS) is 14.2. The van der Waals surface area contributed by atoms with Crippen molar-refractivity contribution < 1.29 is 19.5 Å². The third-order valence-corrected chi connectivity index (χ3v) is 6.21. The fourth-order valence-corrected chi connectivity index (χ4v) is 4.66. The van der Waals surface area contributed by atoms with Gasteiger partial charge in [0.05, 0.1) is 28.6 Å². The van der Waals surface area contributed by atoms with Crippen molar-refractivity contribution in [1.29, 1.82) is 5.41 Å². The predicted octanol–water partition coefficient (Wildman–Crippen LogP) is 4.47. The molecule has 0 fully saturated rings. The number of amides is 2. The van der Waals surface area contributed by atoms with E-state index in [2.05, 4.69) is 10.7 Å². The zero-order valence-corrected chi connectivity index (χ0v) is 20.1. The number of carboxylic acid groups (broad SMARTS) is 1. The van der Waals surface area contributed by atoms with Crippen LogP contribution >= 0.6 is 23.2 Å². The second-order valence-corrected chi connectivity index (χ2v) is 8.58. The molecule has 2 aromatic carbocycles. The first kappa shape index (κ1) is 25.3. The molecule has 10 heteroatoms. The maximum atomic E-state index is 13.3. The van der Waals surface area contributed by atoms with Crippen LogP contribution in [0, 0.1) is 5.41 Å². The minimum Gasteiger partial charge on any atom is -0.481 e. The van der Waals surface area contributed by atoms with Gasteiger partial charge in [-0.05, 0) is 41.2 Å². The first-order valence-corrected chi connectivity index (χ1v) is 11.3. The number of carbonyl (C=O) groups is 3. The number of fused-ring (bicyclic) bond motifs is 1. The van der Waals surface area contributed by atoms with Crippen LogP contribution in [0.1, 0.15) is 63.1 Å². The number of hydrogen-bond acceptors (Lipinski definition) is 5. The van der Waals surface area contributed by atoms with Gasteiger partial charge in [-0.3, -0.25) is 19.8 Å². The maximum Gasteiger partial charge on any atom is 0.303 e. The predicted molar refractivity (Wildman–Crippen MR) is 131 cm³/mol. The maximum absolute atomic E-state index is 13.3. The molecule has 0 bridgehead atoms. The Hall–Kier alpha value is -3.36. The highest BCUT2D eigenvalue weighted by atomic mass is 35.5. The summed E-state index contributed by atoms with van der Waals surface area (Å²) in [5.74, 6) is -2.36. The molecule has 0 spiro atoms. The van der Waals surface area contributed by atoms with E-state index >= 15 is 0 Å². The molecule has 1 aliphatic heterocycles.